The predicted molar refractivity (Wildman–Crippen MR) is 113 cm³/mol. The van der Waals surface area contributed by atoms with Crippen LogP contribution >= 0.6 is 24.8 Å². The Kier molecular flexibility index (Phi) is 12.0. The predicted octanol–water partition coefficient (Wildman–Crippen LogP) is 1.61. The van der Waals surface area contributed by atoms with Crippen molar-refractivity contribution in [1.82, 2.24) is 15.1 Å². The van der Waals surface area contributed by atoms with Gasteiger partial charge in [0, 0.05) is 38.8 Å². The number of hydrogen-bond acceptors (Lipinski definition) is 4. The molecule has 3 N–H and O–H groups in total. The van der Waals surface area contributed by atoms with Gasteiger partial charge in [-0.05, 0) is 5.56 Å². The lowest BCUT2D eigenvalue weighted by Gasteiger charge is -2.36. The zero-order valence-corrected chi connectivity index (χ0v) is 17.3. The molecule has 0 radical (unpaired) electrons. The lowest BCUT2D eigenvalue weighted by molar-refractivity contribution is -0.137. The number of piperazine rings is 1. The summed E-state index contributed by atoms with van der Waals surface area (Å²) in [6.45, 7) is 8.94. The molecule has 2 atom stereocenters. The van der Waals surface area contributed by atoms with E-state index in [0.717, 1.165) is 5.56 Å². The first-order chi connectivity index (χ1) is 12.0. The van der Waals surface area contributed by atoms with Crippen molar-refractivity contribution in [1.29, 1.82) is 0 Å². The van der Waals surface area contributed by atoms with Crippen molar-refractivity contribution in [2.24, 2.45) is 11.7 Å². The molecule has 152 valence electrons. The normalized spacial score (nSPS) is 16.3. The van der Waals surface area contributed by atoms with Crippen molar-refractivity contribution in [2.45, 2.75) is 13.0 Å². The quantitative estimate of drug-likeness (QED) is 0.661. The van der Waals surface area contributed by atoms with Crippen molar-refractivity contribution >= 4 is 36.6 Å². The van der Waals surface area contributed by atoms with Crippen LogP contribution in [0.2, 0.25) is 0 Å². The fourth-order valence-electron chi connectivity index (χ4n) is 2.98. The summed E-state index contributed by atoms with van der Waals surface area (Å²) in [5.74, 6) is -0.212. The topological polar surface area (TPSA) is 78.7 Å². The van der Waals surface area contributed by atoms with Gasteiger partial charge in [0.05, 0.1) is 12.5 Å². The maximum atomic E-state index is 12.7. The maximum absolute atomic E-state index is 12.7. The van der Waals surface area contributed by atoms with Crippen molar-refractivity contribution in [3.63, 3.8) is 0 Å². The first kappa shape index (κ1) is 25.4. The molecule has 6 nitrogen and oxygen atoms in total. The third-order valence-corrected chi connectivity index (χ3v) is 4.61. The van der Waals surface area contributed by atoms with Gasteiger partial charge >= 0.3 is 0 Å². The van der Waals surface area contributed by atoms with Gasteiger partial charge in [-0.1, -0.05) is 43.3 Å². The largest absolute Gasteiger partial charge is 0.352 e. The summed E-state index contributed by atoms with van der Waals surface area (Å²) in [6.07, 6.45) is 1.66. The van der Waals surface area contributed by atoms with Crippen LogP contribution in [-0.2, 0) is 9.59 Å². The molecule has 2 unspecified atom stereocenters. The molecular weight excluding hydrogens is 387 g/mol. The van der Waals surface area contributed by atoms with Gasteiger partial charge in [-0.15, -0.1) is 31.4 Å². The van der Waals surface area contributed by atoms with E-state index >= 15 is 0 Å². The van der Waals surface area contributed by atoms with Crippen LogP contribution < -0.4 is 11.1 Å². The summed E-state index contributed by atoms with van der Waals surface area (Å²) in [7, 11) is 0. The second-order valence-electron chi connectivity index (χ2n) is 6.42. The summed E-state index contributed by atoms with van der Waals surface area (Å²) in [5.41, 5.74) is 7.24. The van der Waals surface area contributed by atoms with Gasteiger partial charge in [-0.25, -0.2) is 0 Å². The molecule has 1 aliphatic heterocycles. The first-order valence-electron chi connectivity index (χ1n) is 8.72. The number of halogens is 2. The van der Waals surface area contributed by atoms with Crippen LogP contribution in [0.5, 0.6) is 0 Å². The van der Waals surface area contributed by atoms with E-state index in [4.69, 9.17) is 5.73 Å². The summed E-state index contributed by atoms with van der Waals surface area (Å²) in [5, 5.41) is 2.77. The van der Waals surface area contributed by atoms with Gasteiger partial charge in [-0.2, -0.15) is 0 Å². The molecule has 1 saturated heterocycles. The lowest BCUT2D eigenvalue weighted by atomic mass is 9.94. The van der Waals surface area contributed by atoms with Crippen LogP contribution in [0.4, 0.5) is 0 Å². The number of nitrogens with one attached hydrogen (secondary N) is 1. The Bertz CT molecular complexity index is 593. The van der Waals surface area contributed by atoms with Crippen LogP contribution in [0, 0.1) is 5.92 Å². The molecule has 1 aliphatic rings. The second-order valence-corrected chi connectivity index (χ2v) is 6.42. The molecule has 0 aromatic heterocycles. The highest BCUT2D eigenvalue weighted by Crippen LogP contribution is 2.21. The highest BCUT2D eigenvalue weighted by atomic mass is 35.5. The number of benzene rings is 1. The Labute approximate surface area is 174 Å². The molecule has 1 aromatic carbocycles. The fraction of sp³-hybridized carbons (Fsp3) is 0.474. The minimum Gasteiger partial charge on any atom is -0.352 e. The number of rotatable bonds is 7. The van der Waals surface area contributed by atoms with Gasteiger partial charge in [0.25, 0.3) is 0 Å². The van der Waals surface area contributed by atoms with Crippen LogP contribution in [0.25, 0.3) is 0 Å². The van der Waals surface area contributed by atoms with Gasteiger partial charge in [-0.3, -0.25) is 14.5 Å². The molecule has 1 heterocycles. The Morgan fingerprint density at radius 3 is 2.33 bits per heavy atom. The van der Waals surface area contributed by atoms with Gasteiger partial charge in [0.2, 0.25) is 11.8 Å². The van der Waals surface area contributed by atoms with E-state index in [9.17, 15) is 9.59 Å². The van der Waals surface area contributed by atoms with Gasteiger partial charge in [0.15, 0.2) is 0 Å². The van der Waals surface area contributed by atoms with Crippen LogP contribution in [-0.4, -0.2) is 60.9 Å². The number of amides is 2. The molecule has 8 heteroatoms. The highest BCUT2D eigenvalue weighted by molar-refractivity contribution is 5.85. The summed E-state index contributed by atoms with van der Waals surface area (Å²) in [6, 6.07) is 9.40. The second kappa shape index (κ2) is 12.7. The number of nitrogens with two attached hydrogens (primary N) is 1. The van der Waals surface area contributed by atoms with E-state index in [1.165, 1.54) is 0 Å². The third kappa shape index (κ3) is 7.50. The van der Waals surface area contributed by atoms with E-state index in [2.05, 4.69) is 16.8 Å². The molecular formula is C19H30Cl2N4O2. The van der Waals surface area contributed by atoms with E-state index in [1.54, 1.807) is 6.08 Å². The highest BCUT2D eigenvalue weighted by Gasteiger charge is 2.29. The van der Waals surface area contributed by atoms with Crippen molar-refractivity contribution in [2.75, 3.05) is 39.3 Å². The first-order valence-corrected chi connectivity index (χ1v) is 8.72. The Morgan fingerprint density at radius 1 is 1.19 bits per heavy atom. The average Bonchev–Trinajstić information content (AvgIpc) is 2.66. The van der Waals surface area contributed by atoms with E-state index in [1.807, 2.05) is 42.2 Å². The lowest BCUT2D eigenvalue weighted by Crippen LogP contribution is -2.52. The van der Waals surface area contributed by atoms with E-state index < -0.39 is 0 Å². The molecule has 1 aromatic rings. The standard InChI is InChI=1S/C19H28N4O2.2ClH/c1-3-9-21-17(24)14-22-10-12-23(13-11-22)19(25)15(2)18(20)16-7-5-4-6-8-16;;/h3-8,15,18H,1,9-14,20H2,2H3,(H,21,24);2*1H. The van der Waals surface area contributed by atoms with Crippen molar-refractivity contribution < 1.29 is 9.59 Å². The van der Waals surface area contributed by atoms with Gasteiger partial charge < -0.3 is 16.0 Å². The molecule has 2 rings (SSSR count). The van der Waals surface area contributed by atoms with Crippen LogP contribution in [0.15, 0.2) is 43.0 Å². The smallest absolute Gasteiger partial charge is 0.234 e. The monoisotopic (exact) mass is 416 g/mol. The molecule has 0 aliphatic carbocycles. The average molecular weight is 417 g/mol. The number of carbonyl (C=O) groups is 2. The molecule has 1 fully saturated rings. The van der Waals surface area contributed by atoms with Crippen LogP contribution in [0.1, 0.15) is 18.5 Å². The maximum Gasteiger partial charge on any atom is 0.234 e. The Hall–Kier alpha value is -1.60. The number of nitrogens with zero attached hydrogens (tertiary/aromatic N) is 2. The minimum atomic E-state index is -0.309. The molecule has 0 spiro atoms. The minimum absolute atomic E-state index is 0. The van der Waals surface area contributed by atoms with Crippen LogP contribution in [0.3, 0.4) is 0 Å². The third-order valence-electron chi connectivity index (χ3n) is 4.61. The summed E-state index contributed by atoms with van der Waals surface area (Å²) >= 11 is 0. The Balaban J connectivity index is 0.00000338. The van der Waals surface area contributed by atoms with Gasteiger partial charge in [0.1, 0.15) is 0 Å². The zero-order valence-electron chi connectivity index (χ0n) is 15.7. The molecule has 0 bridgehead atoms. The molecule has 27 heavy (non-hydrogen) atoms. The van der Waals surface area contributed by atoms with E-state index in [0.29, 0.717) is 39.3 Å². The fourth-order valence-corrected chi connectivity index (χ4v) is 2.98. The Morgan fingerprint density at radius 2 is 1.78 bits per heavy atom. The number of carbonyl (C=O) groups excluding carboxylic acids is 2. The zero-order chi connectivity index (χ0) is 18.2. The van der Waals surface area contributed by atoms with Crippen molar-refractivity contribution in [3.8, 4) is 0 Å². The molecule has 2 amide bonds. The van der Waals surface area contributed by atoms with E-state index in [-0.39, 0.29) is 48.6 Å². The summed E-state index contributed by atoms with van der Waals surface area (Å²) < 4.78 is 0. The SMILES string of the molecule is C=CCNC(=O)CN1CCN(C(=O)C(C)C(N)c2ccccc2)CC1.Cl.Cl. The van der Waals surface area contributed by atoms with Crippen molar-refractivity contribution in [3.05, 3.63) is 48.6 Å². The molecule has 0 saturated carbocycles. The summed E-state index contributed by atoms with van der Waals surface area (Å²) in [4.78, 5) is 28.4. The number of hydrogen-bond donors (Lipinski definition) is 2.